The Bertz CT molecular complexity index is 1160. The minimum Gasteiger partial charge on any atom is -0.488 e. The number of unbranched alkanes of at least 4 members (excludes halogenated alkanes) is 2. The van der Waals surface area contributed by atoms with Crippen LogP contribution >= 0.6 is 0 Å². The van der Waals surface area contributed by atoms with Crippen LogP contribution in [0.2, 0.25) is 0 Å². The summed E-state index contributed by atoms with van der Waals surface area (Å²) in [4.78, 5) is 25.1. The first-order chi connectivity index (χ1) is 17.0. The molecule has 35 heavy (non-hydrogen) atoms. The van der Waals surface area contributed by atoms with Crippen LogP contribution < -0.4 is 15.0 Å². The van der Waals surface area contributed by atoms with Crippen molar-refractivity contribution in [2.45, 2.75) is 32.8 Å². The number of ether oxygens (including phenoxy) is 1. The molecule has 0 spiro atoms. The molecule has 6 heteroatoms. The van der Waals surface area contributed by atoms with E-state index < -0.39 is 5.97 Å². The van der Waals surface area contributed by atoms with Crippen molar-refractivity contribution in [3.63, 3.8) is 0 Å². The minimum absolute atomic E-state index is 0.145. The number of hydrogen-bond donors (Lipinski definition) is 2. The Labute approximate surface area is 206 Å². The molecule has 0 aliphatic heterocycles. The first kappa shape index (κ1) is 25.6. The van der Waals surface area contributed by atoms with Crippen molar-refractivity contribution in [1.82, 2.24) is 5.32 Å². The van der Waals surface area contributed by atoms with Crippen LogP contribution in [-0.4, -0.2) is 30.7 Å². The summed E-state index contributed by atoms with van der Waals surface area (Å²) in [5.74, 6) is -0.380. The predicted molar refractivity (Wildman–Crippen MR) is 141 cm³/mol. The van der Waals surface area contributed by atoms with Gasteiger partial charge in [0.1, 0.15) is 12.4 Å². The maximum atomic E-state index is 12.6. The molecule has 0 fully saturated rings. The molecule has 0 heterocycles. The van der Waals surface area contributed by atoms with E-state index in [0.717, 1.165) is 53.3 Å². The van der Waals surface area contributed by atoms with Crippen molar-refractivity contribution < 1.29 is 19.4 Å². The van der Waals surface area contributed by atoms with E-state index in [1.165, 1.54) is 6.08 Å². The van der Waals surface area contributed by atoms with Gasteiger partial charge in [0, 0.05) is 30.9 Å². The van der Waals surface area contributed by atoms with Gasteiger partial charge in [-0.15, -0.1) is 0 Å². The standard InChI is InChI=1S/C29H32N2O4/c1-3-4-8-18-30-29(34)31(2)25-13-9-12-24(20-25)26-16-14-22(15-17-28(32)33)19-27(26)35-21-23-10-6-5-7-11-23/h5-7,9-17,19-20H,3-4,8,18,21H2,1-2H3,(H,30,34)(H,32,33)/b17-15+. The average molecular weight is 473 g/mol. The lowest BCUT2D eigenvalue weighted by molar-refractivity contribution is -0.131. The number of carboxylic acids is 1. The van der Waals surface area contributed by atoms with Crippen molar-refractivity contribution in [3.05, 3.63) is 90.0 Å². The fourth-order valence-corrected chi connectivity index (χ4v) is 3.59. The second-order valence-electron chi connectivity index (χ2n) is 8.25. The molecule has 0 radical (unpaired) electrons. The number of carboxylic acid groups (broad SMARTS) is 1. The molecule has 3 aromatic rings. The molecule has 0 aliphatic carbocycles. The lowest BCUT2D eigenvalue weighted by Gasteiger charge is -2.20. The molecule has 0 unspecified atom stereocenters. The highest BCUT2D eigenvalue weighted by Gasteiger charge is 2.13. The molecule has 2 N–H and O–H groups in total. The Hall–Kier alpha value is -4.06. The summed E-state index contributed by atoms with van der Waals surface area (Å²) >= 11 is 0. The van der Waals surface area contributed by atoms with Crippen LogP contribution in [0.15, 0.2) is 78.9 Å². The predicted octanol–water partition coefficient (Wildman–Crippen LogP) is 6.37. The maximum Gasteiger partial charge on any atom is 0.328 e. The van der Waals surface area contributed by atoms with E-state index >= 15 is 0 Å². The van der Waals surface area contributed by atoms with Gasteiger partial charge in [-0.25, -0.2) is 9.59 Å². The first-order valence-corrected chi connectivity index (χ1v) is 11.8. The third kappa shape index (κ3) is 7.74. The normalized spacial score (nSPS) is 10.8. The van der Waals surface area contributed by atoms with Gasteiger partial charge in [-0.2, -0.15) is 0 Å². The number of nitrogens with zero attached hydrogens (tertiary/aromatic N) is 1. The Balaban J connectivity index is 1.86. The third-order valence-electron chi connectivity index (χ3n) is 5.57. The number of urea groups is 1. The van der Waals surface area contributed by atoms with E-state index in [1.54, 1.807) is 11.9 Å². The van der Waals surface area contributed by atoms with Crippen LogP contribution in [0.3, 0.4) is 0 Å². The molecule has 0 aromatic heterocycles. The molecular formula is C29H32N2O4. The van der Waals surface area contributed by atoms with Crippen LogP contribution in [0.5, 0.6) is 5.75 Å². The van der Waals surface area contributed by atoms with Gasteiger partial charge in [-0.3, -0.25) is 4.90 Å². The second kappa shape index (κ2) is 13.0. The van der Waals surface area contributed by atoms with Gasteiger partial charge in [0.15, 0.2) is 0 Å². The number of rotatable bonds is 11. The molecule has 0 bridgehead atoms. The summed E-state index contributed by atoms with van der Waals surface area (Å²) in [5.41, 5.74) is 4.26. The SMILES string of the molecule is CCCCCNC(=O)N(C)c1cccc(-c2ccc(/C=C/C(=O)O)cc2OCc2ccccc2)c1. The summed E-state index contributed by atoms with van der Waals surface area (Å²) in [6, 6.07) is 23.0. The van der Waals surface area contributed by atoms with Crippen LogP contribution in [-0.2, 0) is 11.4 Å². The van der Waals surface area contributed by atoms with E-state index in [1.807, 2.05) is 72.8 Å². The summed E-state index contributed by atoms with van der Waals surface area (Å²) in [5, 5.41) is 11.9. The highest BCUT2D eigenvalue weighted by Crippen LogP contribution is 2.34. The monoisotopic (exact) mass is 472 g/mol. The van der Waals surface area contributed by atoms with Gasteiger partial charge >= 0.3 is 12.0 Å². The van der Waals surface area contributed by atoms with Crippen LogP contribution in [0.25, 0.3) is 17.2 Å². The molecule has 0 aliphatic rings. The molecule has 0 saturated carbocycles. The van der Waals surface area contributed by atoms with Gasteiger partial charge in [0.05, 0.1) is 0 Å². The van der Waals surface area contributed by atoms with E-state index in [2.05, 4.69) is 12.2 Å². The second-order valence-corrected chi connectivity index (χ2v) is 8.25. The Morgan fingerprint density at radius 3 is 2.54 bits per heavy atom. The van der Waals surface area contributed by atoms with Crippen molar-refractivity contribution in [3.8, 4) is 16.9 Å². The highest BCUT2D eigenvalue weighted by atomic mass is 16.5. The van der Waals surface area contributed by atoms with Gasteiger partial charge in [0.25, 0.3) is 0 Å². The number of hydrogen-bond acceptors (Lipinski definition) is 3. The van der Waals surface area contributed by atoms with E-state index in [-0.39, 0.29) is 6.03 Å². The summed E-state index contributed by atoms with van der Waals surface area (Å²) in [6.07, 6.45) is 5.79. The Morgan fingerprint density at radius 2 is 1.80 bits per heavy atom. The fourth-order valence-electron chi connectivity index (χ4n) is 3.59. The quantitative estimate of drug-likeness (QED) is 0.251. The molecule has 0 atom stereocenters. The fraction of sp³-hybridized carbons (Fsp3) is 0.241. The number of benzene rings is 3. The summed E-state index contributed by atoms with van der Waals surface area (Å²) in [6.45, 7) is 3.16. The molecule has 3 aromatic carbocycles. The molecule has 0 saturated heterocycles. The van der Waals surface area contributed by atoms with Gasteiger partial charge in [0.2, 0.25) is 0 Å². The van der Waals surface area contributed by atoms with Gasteiger partial charge < -0.3 is 15.2 Å². The van der Waals surface area contributed by atoms with E-state index in [0.29, 0.717) is 18.9 Å². The average Bonchev–Trinajstić information content (AvgIpc) is 2.89. The number of carbonyl (C=O) groups excluding carboxylic acids is 1. The maximum absolute atomic E-state index is 12.6. The molecule has 2 amide bonds. The summed E-state index contributed by atoms with van der Waals surface area (Å²) in [7, 11) is 1.75. The van der Waals surface area contributed by atoms with E-state index in [9.17, 15) is 9.59 Å². The molecular weight excluding hydrogens is 440 g/mol. The number of aliphatic carboxylic acids is 1. The van der Waals surface area contributed by atoms with Crippen molar-refractivity contribution >= 4 is 23.8 Å². The van der Waals surface area contributed by atoms with Crippen LogP contribution in [0.1, 0.15) is 37.3 Å². The third-order valence-corrected chi connectivity index (χ3v) is 5.57. The number of amides is 2. The Kier molecular flexibility index (Phi) is 9.49. The zero-order chi connectivity index (χ0) is 25.0. The van der Waals surface area contributed by atoms with Crippen LogP contribution in [0.4, 0.5) is 10.5 Å². The van der Waals surface area contributed by atoms with Gasteiger partial charge in [-0.1, -0.05) is 74.4 Å². The van der Waals surface area contributed by atoms with E-state index in [4.69, 9.17) is 9.84 Å². The Morgan fingerprint density at radius 1 is 1.00 bits per heavy atom. The largest absolute Gasteiger partial charge is 0.488 e. The van der Waals surface area contributed by atoms with Gasteiger partial charge in [-0.05, 0) is 47.4 Å². The van der Waals surface area contributed by atoms with Crippen molar-refractivity contribution in [2.75, 3.05) is 18.5 Å². The highest BCUT2D eigenvalue weighted by molar-refractivity contribution is 5.92. The topological polar surface area (TPSA) is 78.9 Å². The first-order valence-electron chi connectivity index (χ1n) is 11.8. The lowest BCUT2D eigenvalue weighted by atomic mass is 10.0. The smallest absolute Gasteiger partial charge is 0.328 e. The zero-order valence-corrected chi connectivity index (χ0v) is 20.2. The van der Waals surface area contributed by atoms with Crippen molar-refractivity contribution in [2.24, 2.45) is 0 Å². The van der Waals surface area contributed by atoms with Crippen LogP contribution in [0, 0.1) is 0 Å². The number of carbonyl (C=O) groups is 2. The molecule has 6 nitrogen and oxygen atoms in total. The lowest BCUT2D eigenvalue weighted by Crippen LogP contribution is -2.37. The summed E-state index contributed by atoms with van der Waals surface area (Å²) < 4.78 is 6.17. The molecule has 3 rings (SSSR count). The number of nitrogens with one attached hydrogen (secondary N) is 1. The van der Waals surface area contributed by atoms with Crippen molar-refractivity contribution in [1.29, 1.82) is 0 Å². The molecule has 182 valence electrons. The minimum atomic E-state index is -1.01. The zero-order valence-electron chi connectivity index (χ0n) is 20.2. The number of anilines is 1.